The molecule has 0 saturated carbocycles. The fourth-order valence-corrected chi connectivity index (χ4v) is 4.05. The summed E-state index contributed by atoms with van der Waals surface area (Å²) in [6, 6.07) is 5.89. The largest absolute Gasteiger partial charge is 0.399 e. The normalized spacial score (nSPS) is 11.6. The van der Waals surface area contributed by atoms with Gasteiger partial charge in [0.25, 0.3) is 0 Å². The highest BCUT2D eigenvalue weighted by molar-refractivity contribution is 7.90. The number of sulfone groups is 1. The van der Waals surface area contributed by atoms with Crippen LogP contribution in [0.2, 0.25) is 10.0 Å². The van der Waals surface area contributed by atoms with E-state index in [-0.39, 0.29) is 21.3 Å². The molecule has 0 bridgehead atoms. The highest BCUT2D eigenvalue weighted by Gasteiger charge is 2.26. The van der Waals surface area contributed by atoms with Gasteiger partial charge in [0.05, 0.1) is 5.75 Å². The lowest BCUT2D eigenvalue weighted by atomic mass is 10.2. The molecule has 112 valence electrons. The second kappa shape index (κ2) is 5.79. The number of rotatable bonds is 3. The fraction of sp³-hybridized carbons (Fsp3) is 0.0769. The maximum atomic E-state index is 13.7. The molecular formula is C13H9Cl2F2NO2S. The summed E-state index contributed by atoms with van der Waals surface area (Å²) in [5.74, 6) is -3.23. The van der Waals surface area contributed by atoms with Crippen LogP contribution < -0.4 is 5.73 Å². The summed E-state index contributed by atoms with van der Waals surface area (Å²) in [5, 5.41) is 0.199. The van der Waals surface area contributed by atoms with E-state index in [1.807, 2.05) is 0 Å². The summed E-state index contributed by atoms with van der Waals surface area (Å²) in [6.45, 7) is 0. The van der Waals surface area contributed by atoms with E-state index < -0.39 is 32.1 Å². The van der Waals surface area contributed by atoms with Gasteiger partial charge in [0, 0.05) is 21.3 Å². The van der Waals surface area contributed by atoms with Crippen molar-refractivity contribution in [3.8, 4) is 0 Å². The first-order valence-electron chi connectivity index (χ1n) is 5.62. The Labute approximate surface area is 130 Å². The summed E-state index contributed by atoms with van der Waals surface area (Å²) in [5.41, 5.74) is 5.13. The zero-order valence-corrected chi connectivity index (χ0v) is 12.7. The third-order valence-corrected chi connectivity index (χ3v) is 5.12. The van der Waals surface area contributed by atoms with E-state index in [1.54, 1.807) is 0 Å². The third-order valence-electron chi connectivity index (χ3n) is 2.73. The minimum Gasteiger partial charge on any atom is -0.399 e. The molecule has 0 aliphatic carbocycles. The van der Waals surface area contributed by atoms with Gasteiger partial charge in [0.1, 0.15) is 16.5 Å². The smallest absolute Gasteiger partial charge is 0.188 e. The van der Waals surface area contributed by atoms with Crippen LogP contribution in [0.3, 0.4) is 0 Å². The fourth-order valence-electron chi connectivity index (χ4n) is 1.81. The minimum absolute atomic E-state index is 0.0801. The van der Waals surface area contributed by atoms with Crippen LogP contribution in [0.15, 0.2) is 35.2 Å². The van der Waals surface area contributed by atoms with Crippen LogP contribution in [0.1, 0.15) is 5.56 Å². The lowest BCUT2D eigenvalue weighted by Crippen LogP contribution is -2.11. The van der Waals surface area contributed by atoms with Gasteiger partial charge in [0.15, 0.2) is 9.84 Å². The Morgan fingerprint density at radius 2 is 1.52 bits per heavy atom. The summed E-state index contributed by atoms with van der Waals surface area (Å²) < 4.78 is 51.9. The Morgan fingerprint density at radius 1 is 1.05 bits per heavy atom. The molecule has 2 aromatic rings. The second-order valence-corrected chi connectivity index (χ2v) is 7.01. The predicted molar refractivity (Wildman–Crippen MR) is 78.1 cm³/mol. The Bertz CT molecular complexity index is 767. The van der Waals surface area contributed by atoms with Gasteiger partial charge in [-0.2, -0.15) is 0 Å². The molecule has 0 radical (unpaired) electrons. The van der Waals surface area contributed by atoms with E-state index in [1.165, 1.54) is 18.2 Å². The summed E-state index contributed by atoms with van der Waals surface area (Å²) >= 11 is 11.7. The van der Waals surface area contributed by atoms with Crippen molar-refractivity contribution in [2.45, 2.75) is 10.6 Å². The first-order valence-corrected chi connectivity index (χ1v) is 8.03. The Kier molecular flexibility index (Phi) is 4.41. The molecule has 8 heteroatoms. The number of hydrogen-bond acceptors (Lipinski definition) is 3. The number of benzene rings is 2. The van der Waals surface area contributed by atoms with Gasteiger partial charge >= 0.3 is 0 Å². The maximum Gasteiger partial charge on any atom is 0.188 e. The second-order valence-electron chi connectivity index (χ2n) is 4.27. The first-order chi connectivity index (χ1) is 9.72. The molecule has 3 nitrogen and oxygen atoms in total. The van der Waals surface area contributed by atoms with Crippen molar-refractivity contribution in [1.29, 1.82) is 0 Å². The molecule has 0 aromatic heterocycles. The molecule has 0 atom stereocenters. The molecule has 0 fully saturated rings. The van der Waals surface area contributed by atoms with Crippen LogP contribution >= 0.6 is 23.2 Å². The van der Waals surface area contributed by atoms with Gasteiger partial charge < -0.3 is 5.73 Å². The number of anilines is 1. The molecule has 0 unspecified atom stereocenters. The van der Waals surface area contributed by atoms with Crippen molar-refractivity contribution in [1.82, 2.24) is 0 Å². The highest BCUT2D eigenvalue weighted by atomic mass is 35.5. The van der Waals surface area contributed by atoms with Crippen molar-refractivity contribution in [2.75, 3.05) is 5.73 Å². The van der Waals surface area contributed by atoms with E-state index in [0.29, 0.717) is 0 Å². The van der Waals surface area contributed by atoms with Crippen LogP contribution in [0.25, 0.3) is 0 Å². The van der Waals surface area contributed by atoms with Crippen LogP contribution in [0.5, 0.6) is 0 Å². The van der Waals surface area contributed by atoms with Gasteiger partial charge in [-0.25, -0.2) is 17.2 Å². The lowest BCUT2D eigenvalue weighted by molar-refractivity contribution is 0.520. The molecule has 21 heavy (non-hydrogen) atoms. The van der Waals surface area contributed by atoms with Gasteiger partial charge in [-0.1, -0.05) is 29.3 Å². The van der Waals surface area contributed by atoms with Crippen molar-refractivity contribution in [2.24, 2.45) is 0 Å². The van der Waals surface area contributed by atoms with Crippen molar-refractivity contribution in [3.63, 3.8) is 0 Å². The van der Waals surface area contributed by atoms with Gasteiger partial charge in [-0.3, -0.25) is 0 Å². The van der Waals surface area contributed by atoms with Crippen molar-refractivity contribution in [3.05, 3.63) is 57.6 Å². The number of halogens is 4. The van der Waals surface area contributed by atoms with Gasteiger partial charge in [0.2, 0.25) is 0 Å². The lowest BCUT2D eigenvalue weighted by Gasteiger charge is -2.10. The number of hydrogen-bond donors (Lipinski definition) is 1. The van der Waals surface area contributed by atoms with Crippen LogP contribution in [0.4, 0.5) is 14.5 Å². The third kappa shape index (κ3) is 3.28. The quantitative estimate of drug-likeness (QED) is 0.854. The van der Waals surface area contributed by atoms with E-state index in [4.69, 9.17) is 28.9 Å². The molecule has 0 aliphatic rings. The summed E-state index contributed by atoms with van der Waals surface area (Å²) in [4.78, 5) is -1.05. The molecule has 0 heterocycles. The first kappa shape index (κ1) is 16.0. The Balaban J connectivity index is 2.54. The molecular weight excluding hydrogens is 343 g/mol. The highest BCUT2D eigenvalue weighted by Crippen LogP contribution is 2.30. The van der Waals surface area contributed by atoms with Gasteiger partial charge in [-0.15, -0.1) is 0 Å². The Morgan fingerprint density at radius 3 is 2.00 bits per heavy atom. The van der Waals surface area contributed by atoms with E-state index in [2.05, 4.69) is 0 Å². The van der Waals surface area contributed by atoms with Gasteiger partial charge in [-0.05, 0) is 24.3 Å². The monoisotopic (exact) mass is 351 g/mol. The molecule has 0 aliphatic heterocycles. The van der Waals surface area contributed by atoms with E-state index in [0.717, 1.165) is 12.1 Å². The molecule has 2 rings (SSSR count). The molecule has 0 saturated heterocycles. The topological polar surface area (TPSA) is 60.2 Å². The average molecular weight is 352 g/mol. The zero-order chi connectivity index (χ0) is 15.8. The zero-order valence-electron chi connectivity index (χ0n) is 10.4. The number of nitrogen functional groups attached to an aromatic ring is 1. The van der Waals surface area contributed by atoms with Crippen LogP contribution in [0, 0.1) is 11.6 Å². The van der Waals surface area contributed by atoms with E-state index >= 15 is 0 Å². The average Bonchev–Trinajstić information content (AvgIpc) is 2.32. The molecule has 2 aromatic carbocycles. The van der Waals surface area contributed by atoms with Crippen molar-refractivity contribution >= 4 is 38.7 Å². The van der Waals surface area contributed by atoms with Crippen LogP contribution in [-0.4, -0.2) is 8.42 Å². The maximum absolute atomic E-state index is 13.7. The van der Waals surface area contributed by atoms with E-state index in [9.17, 15) is 17.2 Å². The summed E-state index contributed by atoms with van der Waals surface area (Å²) in [7, 11) is -4.31. The predicted octanol–water partition coefficient (Wildman–Crippen LogP) is 3.83. The standard InChI is InChI=1S/C13H9Cl2F2NO2S/c14-9-2-1-3-10(15)8(9)6-21(19,20)13-11(16)4-7(18)5-12(13)17/h1-5H,6,18H2. The number of nitrogens with two attached hydrogens (primary N) is 1. The minimum atomic E-state index is -4.31. The summed E-state index contributed by atoms with van der Waals surface area (Å²) in [6.07, 6.45) is 0. The molecule has 0 amide bonds. The van der Waals surface area contributed by atoms with Crippen LogP contribution in [-0.2, 0) is 15.6 Å². The SMILES string of the molecule is Nc1cc(F)c(S(=O)(=O)Cc2c(Cl)cccc2Cl)c(F)c1. The van der Waals surface area contributed by atoms with Crippen molar-refractivity contribution < 1.29 is 17.2 Å². The Hall–Kier alpha value is -1.37. The molecule has 0 spiro atoms. The molecule has 2 N–H and O–H groups in total.